The molecule has 4 rings (SSSR count). The van der Waals surface area contributed by atoms with Crippen molar-refractivity contribution in [1.29, 1.82) is 0 Å². The van der Waals surface area contributed by atoms with Crippen LogP contribution in [0.4, 0.5) is 5.69 Å². The molecule has 1 saturated heterocycles. The second kappa shape index (κ2) is 8.59. The van der Waals surface area contributed by atoms with Gasteiger partial charge in [-0.25, -0.2) is 0 Å². The van der Waals surface area contributed by atoms with Gasteiger partial charge in [-0.1, -0.05) is 54.6 Å². The first-order chi connectivity index (χ1) is 15.5. The van der Waals surface area contributed by atoms with Crippen molar-refractivity contribution >= 4 is 23.1 Å². The van der Waals surface area contributed by atoms with Crippen LogP contribution in [0.5, 0.6) is 11.5 Å². The summed E-state index contributed by atoms with van der Waals surface area (Å²) < 4.78 is 10.8. The summed E-state index contributed by atoms with van der Waals surface area (Å²) in [5, 5.41) is 11.1. The van der Waals surface area contributed by atoms with Crippen molar-refractivity contribution in [1.82, 2.24) is 0 Å². The second-order valence-electron chi connectivity index (χ2n) is 7.44. The molecule has 1 aliphatic rings. The molecule has 0 aromatic heterocycles. The Bertz CT molecular complexity index is 1220. The molecule has 3 aromatic carbocycles. The third kappa shape index (κ3) is 3.50. The Labute approximate surface area is 186 Å². The molecule has 3 aromatic rings. The summed E-state index contributed by atoms with van der Waals surface area (Å²) in [5.41, 5.74) is 2.53. The second-order valence-corrected chi connectivity index (χ2v) is 7.44. The zero-order valence-corrected chi connectivity index (χ0v) is 18.0. The molecule has 1 atom stereocenters. The molecular weight excluding hydrogens is 406 g/mol. The zero-order chi connectivity index (χ0) is 22.8. The summed E-state index contributed by atoms with van der Waals surface area (Å²) in [4.78, 5) is 27.9. The first-order valence-electron chi connectivity index (χ1n) is 10.1. The lowest BCUT2D eigenvalue weighted by Gasteiger charge is -2.27. The van der Waals surface area contributed by atoms with Gasteiger partial charge in [-0.05, 0) is 36.2 Å². The van der Waals surface area contributed by atoms with Crippen LogP contribution in [0.3, 0.4) is 0 Å². The Morgan fingerprint density at radius 3 is 2.19 bits per heavy atom. The quantitative estimate of drug-likeness (QED) is 0.363. The predicted molar refractivity (Wildman–Crippen MR) is 122 cm³/mol. The summed E-state index contributed by atoms with van der Waals surface area (Å²) in [7, 11) is 3.05. The van der Waals surface area contributed by atoms with E-state index in [-0.39, 0.29) is 11.3 Å². The molecule has 1 aliphatic heterocycles. The number of aliphatic hydroxyl groups is 1. The largest absolute Gasteiger partial charge is 0.507 e. The lowest BCUT2D eigenvalue weighted by atomic mass is 9.94. The van der Waals surface area contributed by atoms with Gasteiger partial charge in [0, 0.05) is 11.3 Å². The van der Waals surface area contributed by atoms with Crippen LogP contribution < -0.4 is 14.4 Å². The number of methoxy groups -OCH3 is 2. The van der Waals surface area contributed by atoms with Crippen LogP contribution in [0.2, 0.25) is 0 Å². The van der Waals surface area contributed by atoms with Crippen LogP contribution in [0.15, 0.2) is 78.4 Å². The smallest absolute Gasteiger partial charge is 0.300 e. The number of benzene rings is 3. The number of rotatable bonds is 5. The van der Waals surface area contributed by atoms with Crippen molar-refractivity contribution in [3.8, 4) is 11.5 Å². The van der Waals surface area contributed by atoms with Gasteiger partial charge in [-0.3, -0.25) is 14.5 Å². The number of Topliss-reactive ketones (excluding diaryl/α,β-unsaturated/α-hetero) is 1. The molecule has 32 heavy (non-hydrogen) atoms. The number of carbonyl (C=O) groups is 2. The Kier molecular flexibility index (Phi) is 5.69. The van der Waals surface area contributed by atoms with E-state index >= 15 is 0 Å². The highest BCUT2D eigenvalue weighted by atomic mass is 16.5. The minimum Gasteiger partial charge on any atom is -0.507 e. The summed E-state index contributed by atoms with van der Waals surface area (Å²) in [5.74, 6) is -0.682. The monoisotopic (exact) mass is 429 g/mol. The van der Waals surface area contributed by atoms with Crippen LogP contribution >= 0.6 is 0 Å². The van der Waals surface area contributed by atoms with E-state index in [1.54, 1.807) is 48.5 Å². The number of carbonyl (C=O) groups excluding carboxylic acids is 2. The fourth-order valence-corrected chi connectivity index (χ4v) is 4.00. The van der Waals surface area contributed by atoms with Crippen LogP contribution in [0.25, 0.3) is 5.76 Å². The fraction of sp³-hybridized carbons (Fsp3) is 0.154. The lowest BCUT2D eigenvalue weighted by Crippen LogP contribution is -2.30. The van der Waals surface area contributed by atoms with Crippen molar-refractivity contribution < 1.29 is 24.2 Å². The number of amides is 1. The molecule has 162 valence electrons. The van der Waals surface area contributed by atoms with Gasteiger partial charge >= 0.3 is 0 Å². The molecule has 1 amide bonds. The van der Waals surface area contributed by atoms with Gasteiger partial charge in [-0.2, -0.15) is 0 Å². The number of anilines is 1. The number of hydrogen-bond donors (Lipinski definition) is 1. The lowest BCUT2D eigenvalue weighted by molar-refractivity contribution is -0.132. The Morgan fingerprint density at radius 1 is 0.875 bits per heavy atom. The molecule has 1 fully saturated rings. The van der Waals surface area contributed by atoms with E-state index in [1.165, 1.54) is 19.1 Å². The van der Waals surface area contributed by atoms with E-state index in [0.717, 1.165) is 5.56 Å². The van der Waals surface area contributed by atoms with Gasteiger partial charge in [0.2, 0.25) is 0 Å². The van der Waals surface area contributed by atoms with Gasteiger partial charge in [0.25, 0.3) is 11.7 Å². The topological polar surface area (TPSA) is 76.1 Å². The molecule has 0 bridgehead atoms. The average molecular weight is 429 g/mol. The molecule has 1 N–H and O–H groups in total. The number of para-hydroxylation sites is 1. The molecule has 1 heterocycles. The number of hydrogen-bond acceptors (Lipinski definition) is 5. The van der Waals surface area contributed by atoms with Gasteiger partial charge in [0.15, 0.2) is 11.5 Å². The van der Waals surface area contributed by atoms with E-state index in [2.05, 4.69) is 0 Å². The number of nitrogens with zero attached hydrogens (tertiary/aromatic N) is 1. The van der Waals surface area contributed by atoms with E-state index in [1.807, 2.05) is 31.2 Å². The molecule has 6 heteroatoms. The SMILES string of the molecule is COc1ccc([C@@H]2C(=C(O)c3ccccc3)C(=O)C(=O)N2c2ccccc2C)cc1OC. The van der Waals surface area contributed by atoms with Gasteiger partial charge in [-0.15, -0.1) is 0 Å². The summed E-state index contributed by atoms with van der Waals surface area (Å²) >= 11 is 0. The normalized spacial score (nSPS) is 17.5. The number of ketones is 1. The van der Waals surface area contributed by atoms with Crippen LogP contribution in [-0.2, 0) is 9.59 Å². The van der Waals surface area contributed by atoms with Crippen molar-refractivity contribution in [3.63, 3.8) is 0 Å². The van der Waals surface area contributed by atoms with Gasteiger partial charge < -0.3 is 14.6 Å². The van der Waals surface area contributed by atoms with Crippen molar-refractivity contribution in [2.75, 3.05) is 19.1 Å². The molecule has 0 unspecified atom stereocenters. The van der Waals surface area contributed by atoms with E-state index in [9.17, 15) is 14.7 Å². The minimum atomic E-state index is -0.837. The Morgan fingerprint density at radius 2 is 1.53 bits per heavy atom. The van der Waals surface area contributed by atoms with E-state index in [4.69, 9.17) is 9.47 Å². The zero-order valence-electron chi connectivity index (χ0n) is 18.0. The van der Waals surface area contributed by atoms with Gasteiger partial charge in [0.1, 0.15) is 5.76 Å². The van der Waals surface area contributed by atoms with Crippen LogP contribution in [0, 0.1) is 6.92 Å². The number of aryl methyl sites for hydroxylation is 1. The number of aliphatic hydroxyl groups excluding tert-OH is 1. The molecule has 0 aliphatic carbocycles. The minimum absolute atomic E-state index is 0.0247. The maximum atomic E-state index is 13.2. The Hall–Kier alpha value is -4.06. The average Bonchev–Trinajstić information content (AvgIpc) is 3.09. The first kappa shape index (κ1) is 21.2. The highest BCUT2D eigenvalue weighted by molar-refractivity contribution is 6.51. The Balaban J connectivity index is 1.99. The molecular formula is C26H23NO5. The molecule has 6 nitrogen and oxygen atoms in total. The summed E-state index contributed by atoms with van der Waals surface area (Å²) in [6.07, 6.45) is 0. The molecule has 0 radical (unpaired) electrons. The van der Waals surface area contributed by atoms with Crippen LogP contribution in [-0.4, -0.2) is 31.0 Å². The number of ether oxygens (including phenoxy) is 2. The highest BCUT2D eigenvalue weighted by Crippen LogP contribution is 2.44. The first-order valence-corrected chi connectivity index (χ1v) is 10.1. The summed E-state index contributed by atoms with van der Waals surface area (Å²) in [6.45, 7) is 1.87. The van der Waals surface area contributed by atoms with Crippen molar-refractivity contribution in [3.05, 3.63) is 95.1 Å². The molecule has 0 spiro atoms. The van der Waals surface area contributed by atoms with Crippen LogP contribution in [0.1, 0.15) is 22.7 Å². The maximum absolute atomic E-state index is 13.2. The predicted octanol–water partition coefficient (Wildman–Crippen LogP) is 4.64. The summed E-state index contributed by atoms with van der Waals surface area (Å²) in [6, 6.07) is 20.4. The van der Waals surface area contributed by atoms with Gasteiger partial charge in [0.05, 0.1) is 25.8 Å². The molecule has 0 saturated carbocycles. The highest BCUT2D eigenvalue weighted by Gasteiger charge is 2.47. The fourth-order valence-electron chi connectivity index (χ4n) is 4.00. The van der Waals surface area contributed by atoms with E-state index in [0.29, 0.717) is 28.3 Å². The third-order valence-electron chi connectivity index (χ3n) is 5.59. The standard InChI is InChI=1S/C26H23NO5/c1-16-9-7-8-12-19(16)27-23(18-13-14-20(31-2)21(15-18)32-3)22(25(29)26(27)30)24(28)17-10-5-4-6-11-17/h4-15,23,28H,1-3H3/t23-/m1/s1. The van der Waals surface area contributed by atoms with E-state index < -0.39 is 17.7 Å². The van der Waals surface area contributed by atoms with Crippen molar-refractivity contribution in [2.24, 2.45) is 0 Å². The maximum Gasteiger partial charge on any atom is 0.300 e. The van der Waals surface area contributed by atoms with Crippen molar-refractivity contribution in [2.45, 2.75) is 13.0 Å². The third-order valence-corrected chi connectivity index (χ3v) is 5.59.